The van der Waals surface area contributed by atoms with Crippen LogP contribution in [0.5, 0.6) is 0 Å². The number of rotatable bonds is 3. The van der Waals surface area contributed by atoms with Crippen molar-refractivity contribution >= 4 is 61.7 Å². The van der Waals surface area contributed by atoms with E-state index in [0.29, 0.717) is 31.7 Å². The Kier molecular flexibility index (Phi) is 5.46. The van der Waals surface area contributed by atoms with Crippen LogP contribution in [0.4, 0.5) is 5.69 Å². The molecule has 0 unspecified atom stereocenters. The number of allylic oxidation sites excluding steroid dienone is 1. The highest BCUT2D eigenvalue weighted by molar-refractivity contribution is 9.10. The van der Waals surface area contributed by atoms with E-state index in [0.717, 1.165) is 15.0 Å². The molecule has 0 spiro atoms. The lowest BCUT2D eigenvalue weighted by Crippen LogP contribution is -2.40. The zero-order chi connectivity index (χ0) is 23.4. The van der Waals surface area contributed by atoms with Crippen molar-refractivity contribution in [1.82, 2.24) is 4.57 Å². The number of aromatic nitrogens is 1. The molecule has 0 aliphatic carbocycles. The van der Waals surface area contributed by atoms with Crippen LogP contribution in [0, 0.1) is 0 Å². The van der Waals surface area contributed by atoms with Gasteiger partial charge in [0.1, 0.15) is 10.6 Å². The largest absolute Gasteiger partial charge is 0.463 e. The maximum absolute atomic E-state index is 13.8. The Morgan fingerprint density at radius 2 is 2.06 bits per heavy atom. The molecule has 33 heavy (non-hydrogen) atoms. The fourth-order valence-electron chi connectivity index (χ4n) is 4.17. The first-order valence-electron chi connectivity index (χ1n) is 10.2. The lowest BCUT2D eigenvalue weighted by atomic mass is 10.0. The third-order valence-corrected chi connectivity index (χ3v) is 8.11. The van der Waals surface area contributed by atoms with Crippen LogP contribution in [0.2, 0.25) is 0 Å². The molecule has 0 fully saturated rings. The van der Waals surface area contributed by atoms with Crippen molar-refractivity contribution in [3.05, 3.63) is 81.6 Å². The summed E-state index contributed by atoms with van der Waals surface area (Å²) in [7, 11) is 1.69. The van der Waals surface area contributed by atoms with Crippen molar-refractivity contribution in [3.63, 3.8) is 0 Å². The number of anilines is 1. The maximum atomic E-state index is 13.8. The molecule has 10 heteroatoms. The van der Waals surface area contributed by atoms with Gasteiger partial charge in [-0.15, -0.1) is 11.3 Å². The number of carbonyl (C=O) groups excluding carboxylic acids is 2. The number of hydrogen-bond donors (Lipinski definition) is 0. The molecule has 0 saturated heterocycles. The first-order valence-corrected chi connectivity index (χ1v) is 12.7. The van der Waals surface area contributed by atoms with Crippen LogP contribution in [0.15, 0.2) is 61.2 Å². The van der Waals surface area contributed by atoms with Gasteiger partial charge in [-0.1, -0.05) is 33.3 Å². The number of fused-ring (bicyclic) bond motifs is 2. The summed E-state index contributed by atoms with van der Waals surface area (Å²) in [6.45, 7) is 3.70. The molecule has 1 amide bonds. The summed E-state index contributed by atoms with van der Waals surface area (Å²) < 4.78 is 7.93. The minimum Gasteiger partial charge on any atom is -0.463 e. The Balaban J connectivity index is 1.83. The molecular formula is C23H18BrN3O4S2. The molecule has 5 rings (SSSR count). The van der Waals surface area contributed by atoms with Crippen molar-refractivity contribution in [1.29, 1.82) is 0 Å². The van der Waals surface area contributed by atoms with Gasteiger partial charge in [-0.25, -0.2) is 9.79 Å². The van der Waals surface area contributed by atoms with E-state index >= 15 is 0 Å². The maximum Gasteiger partial charge on any atom is 0.338 e. The quantitative estimate of drug-likeness (QED) is 0.475. The first kappa shape index (κ1) is 22.0. The molecule has 4 heterocycles. The minimum absolute atomic E-state index is 0.216. The summed E-state index contributed by atoms with van der Waals surface area (Å²) in [6, 6.07) is 8.65. The molecule has 7 nitrogen and oxygen atoms in total. The van der Waals surface area contributed by atoms with Crippen molar-refractivity contribution in [2.24, 2.45) is 4.99 Å². The van der Waals surface area contributed by atoms with Crippen LogP contribution in [0.3, 0.4) is 0 Å². The number of halogens is 1. The summed E-state index contributed by atoms with van der Waals surface area (Å²) in [5, 5.41) is 1.90. The van der Waals surface area contributed by atoms with Gasteiger partial charge in [0.25, 0.3) is 11.5 Å². The Hall–Kier alpha value is -2.82. The fourth-order valence-corrected chi connectivity index (χ4v) is 6.49. The molecule has 3 aromatic rings. The number of carbonyl (C=O) groups is 2. The molecule has 0 saturated carbocycles. The average Bonchev–Trinajstić information content (AvgIpc) is 3.46. The predicted octanol–water partition coefficient (Wildman–Crippen LogP) is 2.97. The number of hydrogen-bond acceptors (Lipinski definition) is 7. The average molecular weight is 544 g/mol. The molecule has 2 aliphatic heterocycles. The van der Waals surface area contributed by atoms with Gasteiger partial charge in [0, 0.05) is 22.0 Å². The molecule has 1 atom stereocenters. The predicted molar refractivity (Wildman–Crippen MR) is 131 cm³/mol. The molecule has 1 aromatic carbocycles. The van der Waals surface area contributed by atoms with E-state index in [1.807, 2.05) is 35.7 Å². The van der Waals surface area contributed by atoms with Crippen LogP contribution in [-0.2, 0) is 14.3 Å². The van der Waals surface area contributed by atoms with Crippen LogP contribution < -0.4 is 19.8 Å². The second kappa shape index (κ2) is 8.19. The van der Waals surface area contributed by atoms with Gasteiger partial charge in [-0.05, 0) is 43.5 Å². The van der Waals surface area contributed by atoms with E-state index in [4.69, 9.17) is 4.74 Å². The van der Waals surface area contributed by atoms with Gasteiger partial charge in [0.15, 0.2) is 4.80 Å². The number of benzene rings is 1. The highest BCUT2D eigenvalue weighted by atomic mass is 79.9. The highest BCUT2D eigenvalue weighted by Crippen LogP contribution is 2.37. The van der Waals surface area contributed by atoms with Crippen molar-refractivity contribution < 1.29 is 14.3 Å². The highest BCUT2D eigenvalue weighted by Gasteiger charge is 2.36. The summed E-state index contributed by atoms with van der Waals surface area (Å²) >= 11 is 6.08. The molecule has 168 valence electrons. The number of ether oxygens (including phenoxy) is 1. The van der Waals surface area contributed by atoms with Crippen molar-refractivity contribution in [2.45, 2.75) is 19.9 Å². The zero-order valence-corrected chi connectivity index (χ0v) is 21.1. The van der Waals surface area contributed by atoms with Gasteiger partial charge in [-0.3, -0.25) is 14.2 Å². The summed E-state index contributed by atoms with van der Waals surface area (Å²) in [4.78, 5) is 47.3. The summed E-state index contributed by atoms with van der Waals surface area (Å²) in [5.41, 5.74) is 2.26. The van der Waals surface area contributed by atoms with E-state index in [1.54, 1.807) is 25.8 Å². The van der Waals surface area contributed by atoms with E-state index in [2.05, 4.69) is 20.9 Å². The van der Waals surface area contributed by atoms with Gasteiger partial charge >= 0.3 is 5.97 Å². The van der Waals surface area contributed by atoms with Crippen LogP contribution in [0.1, 0.15) is 30.3 Å². The second-order valence-electron chi connectivity index (χ2n) is 7.54. The standard InChI is InChI=1S/C23H18BrN3O4S2/c1-4-31-22(30)16-11(2)25-23-27(18(16)15-6-5-9-32-15)21(29)19(33-23)17-13-10-12(24)7-8-14(13)26(3)20(17)28/h5-10,18H,4H2,1-3H3/b19-17-/t18-/m0/s1. The Morgan fingerprint density at radius 3 is 2.76 bits per heavy atom. The van der Waals surface area contributed by atoms with Crippen LogP contribution >= 0.6 is 38.6 Å². The van der Waals surface area contributed by atoms with E-state index in [9.17, 15) is 14.4 Å². The molecular weight excluding hydrogens is 526 g/mol. The monoisotopic (exact) mass is 543 g/mol. The van der Waals surface area contributed by atoms with Crippen molar-refractivity contribution in [3.8, 4) is 0 Å². The van der Waals surface area contributed by atoms with E-state index < -0.39 is 12.0 Å². The molecule has 0 bridgehead atoms. The number of thiophene rings is 1. The summed E-state index contributed by atoms with van der Waals surface area (Å²) in [6.07, 6.45) is 0. The molecule has 2 aromatic heterocycles. The zero-order valence-electron chi connectivity index (χ0n) is 17.9. The van der Waals surface area contributed by atoms with Gasteiger partial charge in [0.05, 0.1) is 29.1 Å². The number of nitrogens with zero attached hydrogens (tertiary/aromatic N) is 3. The van der Waals surface area contributed by atoms with Gasteiger partial charge in [-0.2, -0.15) is 0 Å². The number of likely N-dealkylation sites (N-methyl/N-ethyl adjacent to an activating group) is 1. The smallest absolute Gasteiger partial charge is 0.338 e. The number of esters is 1. The molecule has 0 radical (unpaired) electrons. The second-order valence-corrected chi connectivity index (χ2v) is 10.4. The third kappa shape index (κ3) is 3.35. The number of thiazole rings is 1. The first-order chi connectivity index (χ1) is 15.8. The summed E-state index contributed by atoms with van der Waals surface area (Å²) in [5.74, 6) is -0.747. The lowest BCUT2D eigenvalue weighted by molar-refractivity contribution is -0.139. The van der Waals surface area contributed by atoms with E-state index in [1.165, 1.54) is 27.2 Å². The SMILES string of the molecule is CCOC(=O)C1=C(C)N=c2s/c(=C3\C(=O)N(C)c4ccc(Br)cc43)c(=O)n2[C@H]1c1cccs1. The third-order valence-electron chi connectivity index (χ3n) is 5.64. The van der Waals surface area contributed by atoms with Crippen molar-refractivity contribution in [2.75, 3.05) is 18.6 Å². The number of amides is 1. The van der Waals surface area contributed by atoms with Gasteiger partial charge in [0.2, 0.25) is 0 Å². The normalized spacial score (nSPS) is 18.8. The fraction of sp³-hybridized carbons (Fsp3) is 0.217. The van der Waals surface area contributed by atoms with E-state index in [-0.39, 0.29) is 18.1 Å². The lowest BCUT2D eigenvalue weighted by Gasteiger charge is -2.23. The topological polar surface area (TPSA) is 81.0 Å². The van der Waals surface area contributed by atoms with Crippen LogP contribution in [-0.4, -0.2) is 30.1 Å². The Labute approximate surface area is 205 Å². The van der Waals surface area contributed by atoms with Gasteiger partial charge < -0.3 is 9.64 Å². The molecule has 2 aliphatic rings. The Morgan fingerprint density at radius 1 is 1.27 bits per heavy atom. The minimum atomic E-state index is -0.661. The Bertz CT molecular complexity index is 1530. The molecule has 0 N–H and O–H groups in total. The van der Waals surface area contributed by atoms with Crippen LogP contribution in [0.25, 0.3) is 5.57 Å².